The number of nitrogens with one attached hydrogen (secondary N) is 2. The van der Waals surface area contributed by atoms with Crippen molar-refractivity contribution in [1.82, 2.24) is 10.3 Å². The Morgan fingerprint density at radius 2 is 2.31 bits per heavy atom. The van der Waals surface area contributed by atoms with E-state index in [1.807, 2.05) is 24.4 Å². The fourth-order valence-electron chi connectivity index (χ4n) is 1.69. The van der Waals surface area contributed by atoms with Crippen molar-refractivity contribution in [3.8, 4) is 12.3 Å². The quantitative estimate of drug-likeness (QED) is 0.616. The number of halogens is 1. The lowest BCUT2D eigenvalue weighted by molar-refractivity contribution is 0.704. The first-order chi connectivity index (χ1) is 7.81. The second-order valence-electron chi connectivity index (χ2n) is 3.63. The van der Waals surface area contributed by atoms with E-state index >= 15 is 0 Å². The van der Waals surface area contributed by atoms with Crippen molar-refractivity contribution in [3.63, 3.8) is 0 Å². The van der Waals surface area contributed by atoms with Gasteiger partial charge in [-0.2, -0.15) is 0 Å². The SMILES string of the molecule is C#CCCNCc1c[nH]c2cc(Cl)ccc12. The third-order valence-corrected chi connectivity index (χ3v) is 2.73. The first-order valence-corrected chi connectivity index (χ1v) is 5.59. The van der Waals surface area contributed by atoms with Crippen LogP contribution in [-0.2, 0) is 6.54 Å². The van der Waals surface area contributed by atoms with E-state index < -0.39 is 0 Å². The Balaban J connectivity index is 2.10. The summed E-state index contributed by atoms with van der Waals surface area (Å²) in [7, 11) is 0. The molecule has 0 aliphatic heterocycles. The summed E-state index contributed by atoms with van der Waals surface area (Å²) in [5.41, 5.74) is 2.31. The number of terminal acetylenes is 1. The van der Waals surface area contributed by atoms with Gasteiger partial charge in [0.05, 0.1) is 0 Å². The van der Waals surface area contributed by atoms with Gasteiger partial charge in [-0.25, -0.2) is 0 Å². The Hall–Kier alpha value is -1.43. The van der Waals surface area contributed by atoms with Crippen LogP contribution in [0, 0.1) is 12.3 Å². The molecular weight excluding hydrogens is 220 g/mol. The lowest BCUT2D eigenvalue weighted by Gasteiger charge is -2.01. The first kappa shape index (κ1) is 11.1. The minimum atomic E-state index is 0.751. The van der Waals surface area contributed by atoms with Crippen LogP contribution < -0.4 is 5.32 Å². The second-order valence-corrected chi connectivity index (χ2v) is 4.07. The largest absolute Gasteiger partial charge is 0.361 e. The Bertz CT molecular complexity index is 522. The van der Waals surface area contributed by atoms with Gasteiger partial charge < -0.3 is 10.3 Å². The number of hydrogen-bond donors (Lipinski definition) is 2. The van der Waals surface area contributed by atoms with Gasteiger partial charge in [-0.3, -0.25) is 0 Å². The Morgan fingerprint density at radius 1 is 1.44 bits per heavy atom. The summed E-state index contributed by atoms with van der Waals surface area (Å²) in [6.07, 6.45) is 7.95. The molecular formula is C13H13ClN2. The van der Waals surface area contributed by atoms with Crippen molar-refractivity contribution in [2.24, 2.45) is 0 Å². The van der Waals surface area contributed by atoms with E-state index in [4.69, 9.17) is 18.0 Å². The Morgan fingerprint density at radius 3 is 3.12 bits per heavy atom. The van der Waals surface area contributed by atoms with E-state index in [0.29, 0.717) is 0 Å². The van der Waals surface area contributed by atoms with Crippen molar-refractivity contribution >= 4 is 22.5 Å². The highest BCUT2D eigenvalue weighted by Crippen LogP contribution is 2.21. The summed E-state index contributed by atoms with van der Waals surface area (Å²) >= 11 is 5.92. The van der Waals surface area contributed by atoms with Crippen LogP contribution in [0.5, 0.6) is 0 Å². The second kappa shape index (κ2) is 5.07. The molecule has 2 aromatic rings. The zero-order valence-corrected chi connectivity index (χ0v) is 9.64. The van der Waals surface area contributed by atoms with E-state index in [2.05, 4.69) is 16.2 Å². The van der Waals surface area contributed by atoms with Crippen LogP contribution >= 0.6 is 11.6 Å². The molecule has 2 rings (SSSR count). The standard InChI is InChI=1S/C13H13ClN2/c1-2-3-6-15-8-10-9-16-13-7-11(14)4-5-12(10)13/h1,4-5,7,9,15-16H,3,6,8H2. The molecule has 1 aromatic carbocycles. The van der Waals surface area contributed by atoms with Crippen LogP contribution in [0.1, 0.15) is 12.0 Å². The number of aromatic nitrogens is 1. The molecule has 0 radical (unpaired) electrons. The number of H-pyrrole nitrogens is 1. The highest BCUT2D eigenvalue weighted by molar-refractivity contribution is 6.31. The zero-order valence-electron chi connectivity index (χ0n) is 8.89. The predicted molar refractivity (Wildman–Crippen MR) is 68.5 cm³/mol. The molecule has 0 saturated heterocycles. The predicted octanol–water partition coefficient (Wildman–Crippen LogP) is 2.93. The minimum absolute atomic E-state index is 0.751. The molecule has 0 fully saturated rings. The average molecular weight is 233 g/mol. The fourth-order valence-corrected chi connectivity index (χ4v) is 1.86. The van der Waals surface area contributed by atoms with E-state index in [-0.39, 0.29) is 0 Å². The zero-order chi connectivity index (χ0) is 11.4. The van der Waals surface area contributed by atoms with Crippen molar-refractivity contribution < 1.29 is 0 Å². The van der Waals surface area contributed by atoms with E-state index in [9.17, 15) is 0 Å². The van der Waals surface area contributed by atoms with Gasteiger partial charge in [0, 0.05) is 41.6 Å². The maximum atomic E-state index is 5.92. The molecule has 16 heavy (non-hydrogen) atoms. The molecule has 0 bridgehead atoms. The van der Waals surface area contributed by atoms with Crippen LogP contribution in [0.4, 0.5) is 0 Å². The molecule has 82 valence electrons. The number of rotatable bonds is 4. The third-order valence-electron chi connectivity index (χ3n) is 2.49. The van der Waals surface area contributed by atoms with E-state index in [0.717, 1.165) is 30.0 Å². The third kappa shape index (κ3) is 2.38. The normalized spacial score (nSPS) is 10.5. The van der Waals surface area contributed by atoms with Crippen LogP contribution in [0.25, 0.3) is 10.9 Å². The van der Waals surface area contributed by atoms with Gasteiger partial charge in [0.15, 0.2) is 0 Å². The highest BCUT2D eigenvalue weighted by atomic mass is 35.5. The molecule has 0 spiro atoms. The van der Waals surface area contributed by atoms with Gasteiger partial charge in [-0.15, -0.1) is 12.3 Å². The lowest BCUT2D eigenvalue weighted by atomic mass is 10.2. The maximum absolute atomic E-state index is 5.92. The van der Waals surface area contributed by atoms with Crippen LogP contribution in [-0.4, -0.2) is 11.5 Å². The molecule has 0 aliphatic rings. The first-order valence-electron chi connectivity index (χ1n) is 5.21. The number of fused-ring (bicyclic) bond motifs is 1. The van der Waals surface area contributed by atoms with E-state index in [1.165, 1.54) is 10.9 Å². The average Bonchev–Trinajstić information content (AvgIpc) is 2.67. The summed E-state index contributed by atoms with van der Waals surface area (Å²) < 4.78 is 0. The highest BCUT2D eigenvalue weighted by Gasteiger charge is 2.02. The molecule has 1 aromatic heterocycles. The number of aromatic amines is 1. The van der Waals surface area contributed by atoms with Crippen LogP contribution in [0.3, 0.4) is 0 Å². The molecule has 0 saturated carbocycles. The Kier molecular flexibility index (Phi) is 3.51. The summed E-state index contributed by atoms with van der Waals surface area (Å²) in [5.74, 6) is 2.60. The summed E-state index contributed by atoms with van der Waals surface area (Å²) in [6, 6.07) is 5.87. The monoisotopic (exact) mass is 232 g/mol. The summed E-state index contributed by atoms with van der Waals surface area (Å²) in [5, 5.41) is 5.26. The summed E-state index contributed by atoms with van der Waals surface area (Å²) in [6.45, 7) is 1.67. The Labute approximate surface area is 100.0 Å². The minimum Gasteiger partial charge on any atom is -0.361 e. The molecule has 3 heteroatoms. The lowest BCUT2D eigenvalue weighted by Crippen LogP contribution is -2.13. The van der Waals surface area contributed by atoms with Gasteiger partial charge in [-0.05, 0) is 17.7 Å². The molecule has 0 aliphatic carbocycles. The van der Waals surface area contributed by atoms with Crippen molar-refractivity contribution in [1.29, 1.82) is 0 Å². The molecule has 1 heterocycles. The van der Waals surface area contributed by atoms with Crippen molar-refractivity contribution in [3.05, 3.63) is 35.0 Å². The van der Waals surface area contributed by atoms with Gasteiger partial charge >= 0.3 is 0 Å². The summed E-state index contributed by atoms with van der Waals surface area (Å²) in [4.78, 5) is 3.21. The van der Waals surface area contributed by atoms with Gasteiger partial charge in [0.1, 0.15) is 0 Å². The van der Waals surface area contributed by atoms with E-state index in [1.54, 1.807) is 0 Å². The number of hydrogen-bond acceptors (Lipinski definition) is 1. The molecule has 0 unspecified atom stereocenters. The van der Waals surface area contributed by atoms with Crippen LogP contribution in [0.15, 0.2) is 24.4 Å². The molecule has 0 amide bonds. The molecule has 2 nitrogen and oxygen atoms in total. The van der Waals surface area contributed by atoms with Gasteiger partial charge in [0.25, 0.3) is 0 Å². The topological polar surface area (TPSA) is 27.8 Å². The fraction of sp³-hybridized carbons (Fsp3) is 0.231. The van der Waals surface area contributed by atoms with Crippen molar-refractivity contribution in [2.45, 2.75) is 13.0 Å². The van der Waals surface area contributed by atoms with Gasteiger partial charge in [0.2, 0.25) is 0 Å². The smallest absolute Gasteiger partial charge is 0.0472 e. The van der Waals surface area contributed by atoms with Crippen LogP contribution in [0.2, 0.25) is 5.02 Å². The molecule has 2 N–H and O–H groups in total. The molecule has 0 atom stereocenters. The number of benzene rings is 1. The van der Waals surface area contributed by atoms with Crippen molar-refractivity contribution in [2.75, 3.05) is 6.54 Å². The van der Waals surface area contributed by atoms with Gasteiger partial charge in [-0.1, -0.05) is 17.7 Å². The maximum Gasteiger partial charge on any atom is 0.0472 e.